The summed E-state index contributed by atoms with van der Waals surface area (Å²) in [5.41, 5.74) is 7.49. The van der Waals surface area contributed by atoms with Crippen LogP contribution in [0.1, 0.15) is 16.7 Å². The average molecular weight is 473 g/mol. The van der Waals surface area contributed by atoms with Gasteiger partial charge in [-0.1, -0.05) is 29.5 Å². The van der Waals surface area contributed by atoms with E-state index in [4.69, 9.17) is 4.74 Å². The Morgan fingerprint density at radius 2 is 1.76 bits per heavy atom. The van der Waals surface area contributed by atoms with Crippen molar-refractivity contribution in [1.82, 2.24) is 24.2 Å². The van der Waals surface area contributed by atoms with Gasteiger partial charge in [0, 0.05) is 23.6 Å². The monoisotopic (exact) mass is 472 g/mol. The highest BCUT2D eigenvalue weighted by Gasteiger charge is 2.15. The van der Waals surface area contributed by atoms with Crippen molar-refractivity contribution in [2.24, 2.45) is 0 Å². The molecule has 0 unspecified atom stereocenters. The molecule has 0 bridgehead atoms. The van der Waals surface area contributed by atoms with Crippen molar-refractivity contribution in [1.29, 1.82) is 0 Å². The molecule has 5 rings (SSSR count). The summed E-state index contributed by atoms with van der Waals surface area (Å²) >= 11 is 1.35. The number of amides is 1. The van der Waals surface area contributed by atoms with Gasteiger partial charge in [-0.3, -0.25) is 9.20 Å². The second kappa shape index (κ2) is 8.83. The first-order valence-corrected chi connectivity index (χ1v) is 11.8. The van der Waals surface area contributed by atoms with E-state index in [0.29, 0.717) is 10.8 Å². The molecule has 172 valence electrons. The normalized spacial score (nSPS) is 11.3. The van der Waals surface area contributed by atoms with Crippen molar-refractivity contribution in [2.75, 3.05) is 18.2 Å². The number of anilines is 1. The minimum Gasteiger partial charge on any atom is -0.497 e. The average Bonchev–Trinajstić information content (AvgIpc) is 3.44. The molecule has 1 N–H and O–H groups in total. The molecule has 2 aromatic carbocycles. The summed E-state index contributed by atoms with van der Waals surface area (Å²) in [6.07, 6.45) is 3.73. The Bertz CT molecular complexity index is 1500. The van der Waals surface area contributed by atoms with E-state index in [0.717, 1.165) is 39.3 Å². The summed E-state index contributed by atoms with van der Waals surface area (Å²) in [4.78, 5) is 12.6. The molecule has 0 saturated heterocycles. The highest BCUT2D eigenvalue weighted by atomic mass is 32.2. The molecule has 34 heavy (non-hydrogen) atoms. The number of carbonyl (C=O) groups excluding carboxylic acids is 1. The number of methoxy groups -OCH3 is 1. The zero-order chi connectivity index (χ0) is 23.8. The number of aromatic nitrogens is 5. The van der Waals surface area contributed by atoms with Gasteiger partial charge in [0.1, 0.15) is 11.3 Å². The molecule has 1 amide bonds. The van der Waals surface area contributed by atoms with E-state index in [1.807, 2.05) is 61.0 Å². The summed E-state index contributed by atoms with van der Waals surface area (Å²) in [5.74, 6) is 0.949. The number of ether oxygens (including phenoxy) is 1. The minimum atomic E-state index is -0.0796. The van der Waals surface area contributed by atoms with Gasteiger partial charge in [-0.05, 0) is 62.2 Å². The number of fused-ring (bicyclic) bond motifs is 3. The molecule has 3 aromatic heterocycles. The predicted molar refractivity (Wildman–Crippen MR) is 134 cm³/mol. The van der Waals surface area contributed by atoms with E-state index in [1.54, 1.807) is 11.6 Å². The topological polar surface area (TPSA) is 85.8 Å². The van der Waals surface area contributed by atoms with E-state index >= 15 is 0 Å². The van der Waals surface area contributed by atoms with Gasteiger partial charge in [0.2, 0.25) is 5.91 Å². The fraction of sp³-hybridized carbons (Fsp3) is 0.200. The Hall–Kier alpha value is -3.85. The largest absolute Gasteiger partial charge is 0.497 e. The lowest BCUT2D eigenvalue weighted by Gasteiger charge is -2.12. The molecule has 0 radical (unpaired) electrons. The Labute approximate surface area is 201 Å². The maximum absolute atomic E-state index is 12.6. The highest BCUT2D eigenvalue weighted by molar-refractivity contribution is 7.99. The van der Waals surface area contributed by atoms with Crippen molar-refractivity contribution in [3.05, 3.63) is 71.5 Å². The van der Waals surface area contributed by atoms with E-state index in [-0.39, 0.29) is 11.7 Å². The molecule has 0 fully saturated rings. The molecule has 0 aliphatic heterocycles. The first kappa shape index (κ1) is 22.0. The fourth-order valence-electron chi connectivity index (χ4n) is 4.08. The first-order chi connectivity index (χ1) is 16.4. The van der Waals surface area contributed by atoms with Crippen molar-refractivity contribution in [2.45, 2.75) is 25.9 Å². The lowest BCUT2D eigenvalue weighted by Crippen LogP contribution is -2.16. The maximum atomic E-state index is 12.6. The predicted octanol–water partition coefficient (Wildman–Crippen LogP) is 4.71. The van der Waals surface area contributed by atoms with Gasteiger partial charge < -0.3 is 10.1 Å². The third-order valence-corrected chi connectivity index (χ3v) is 6.59. The summed E-state index contributed by atoms with van der Waals surface area (Å²) in [6, 6.07) is 13.9. The van der Waals surface area contributed by atoms with Crippen LogP contribution in [0.2, 0.25) is 0 Å². The highest BCUT2D eigenvalue weighted by Crippen LogP contribution is 2.26. The van der Waals surface area contributed by atoms with Crippen LogP contribution in [0.4, 0.5) is 5.69 Å². The van der Waals surface area contributed by atoms with Crippen LogP contribution in [-0.4, -0.2) is 43.0 Å². The molecule has 0 saturated carbocycles. The van der Waals surface area contributed by atoms with Crippen LogP contribution in [0.3, 0.4) is 0 Å². The van der Waals surface area contributed by atoms with Crippen molar-refractivity contribution in [3.63, 3.8) is 0 Å². The van der Waals surface area contributed by atoms with E-state index in [9.17, 15) is 4.79 Å². The zero-order valence-corrected chi connectivity index (χ0v) is 20.2. The van der Waals surface area contributed by atoms with Crippen LogP contribution in [0.15, 0.2) is 60.0 Å². The third kappa shape index (κ3) is 4.10. The first-order valence-electron chi connectivity index (χ1n) is 10.8. The van der Waals surface area contributed by atoms with Gasteiger partial charge in [-0.15, -0.1) is 10.2 Å². The van der Waals surface area contributed by atoms with Crippen molar-refractivity contribution in [3.8, 4) is 17.0 Å². The number of hydrogen-bond donors (Lipinski definition) is 1. The smallest absolute Gasteiger partial charge is 0.234 e. The van der Waals surface area contributed by atoms with Gasteiger partial charge in [-0.25, -0.2) is 4.52 Å². The number of nitrogens with one attached hydrogen (secondary N) is 1. The number of aryl methyl sites for hydroxylation is 3. The molecular formula is C25H24N6O2S. The van der Waals surface area contributed by atoms with Crippen molar-refractivity contribution < 1.29 is 9.53 Å². The maximum Gasteiger partial charge on any atom is 0.234 e. The van der Waals surface area contributed by atoms with E-state index in [1.165, 1.54) is 17.3 Å². The summed E-state index contributed by atoms with van der Waals surface area (Å²) in [6.45, 7) is 6.06. The Kier molecular flexibility index (Phi) is 5.70. The summed E-state index contributed by atoms with van der Waals surface area (Å²) < 4.78 is 8.91. The molecule has 0 spiro atoms. The SMILES string of the molecule is COc1ccc(-c2cc3c4nnc(SCC(=O)Nc5c(C)cc(C)cc5C)n4ccn3n2)cc1. The molecule has 0 aliphatic carbocycles. The molecular weight excluding hydrogens is 448 g/mol. The van der Waals surface area contributed by atoms with Gasteiger partial charge in [-0.2, -0.15) is 5.10 Å². The van der Waals surface area contributed by atoms with Crippen molar-refractivity contribution >= 4 is 34.5 Å². The van der Waals surface area contributed by atoms with Crippen LogP contribution in [-0.2, 0) is 4.79 Å². The summed E-state index contributed by atoms with van der Waals surface area (Å²) in [7, 11) is 1.64. The van der Waals surface area contributed by atoms with Crippen LogP contribution < -0.4 is 10.1 Å². The number of rotatable bonds is 6. The van der Waals surface area contributed by atoms with Crippen LogP contribution in [0.5, 0.6) is 5.75 Å². The fourth-order valence-corrected chi connectivity index (χ4v) is 4.79. The number of hydrogen-bond acceptors (Lipinski definition) is 6. The summed E-state index contributed by atoms with van der Waals surface area (Å²) in [5, 5.41) is 17.0. The molecule has 5 aromatic rings. The van der Waals surface area contributed by atoms with Crippen LogP contribution in [0, 0.1) is 20.8 Å². The second-order valence-electron chi connectivity index (χ2n) is 8.17. The zero-order valence-electron chi connectivity index (χ0n) is 19.4. The van der Waals surface area contributed by atoms with Gasteiger partial charge in [0.25, 0.3) is 0 Å². The Morgan fingerprint density at radius 3 is 2.47 bits per heavy atom. The Balaban J connectivity index is 1.36. The van der Waals surface area contributed by atoms with Gasteiger partial charge >= 0.3 is 0 Å². The molecule has 8 nitrogen and oxygen atoms in total. The van der Waals surface area contributed by atoms with E-state index in [2.05, 4.69) is 39.7 Å². The lowest BCUT2D eigenvalue weighted by atomic mass is 10.1. The standard InChI is InChI=1S/C25H24N6O2S/c1-15-11-16(2)23(17(3)12-15)26-22(32)14-34-25-28-27-24-21-13-20(29-31(21)10-9-30(24)25)18-5-7-19(33-4)8-6-18/h5-13H,14H2,1-4H3,(H,26,32). The van der Waals surface area contributed by atoms with Gasteiger partial charge in [0.15, 0.2) is 10.8 Å². The van der Waals surface area contributed by atoms with Crippen LogP contribution >= 0.6 is 11.8 Å². The number of thioether (sulfide) groups is 1. The number of carbonyl (C=O) groups is 1. The third-order valence-electron chi connectivity index (χ3n) is 5.65. The van der Waals surface area contributed by atoms with Gasteiger partial charge in [0.05, 0.1) is 18.6 Å². The molecule has 9 heteroatoms. The van der Waals surface area contributed by atoms with Crippen LogP contribution in [0.25, 0.3) is 22.4 Å². The molecule has 0 aliphatic rings. The number of benzene rings is 2. The minimum absolute atomic E-state index is 0.0796. The second-order valence-corrected chi connectivity index (χ2v) is 9.12. The quantitative estimate of drug-likeness (QED) is 0.360. The molecule has 0 atom stereocenters. The number of nitrogens with zero attached hydrogens (tertiary/aromatic N) is 5. The Morgan fingerprint density at radius 1 is 1.03 bits per heavy atom. The lowest BCUT2D eigenvalue weighted by molar-refractivity contribution is -0.113. The van der Waals surface area contributed by atoms with E-state index < -0.39 is 0 Å². The molecule has 3 heterocycles.